The zero-order chi connectivity index (χ0) is 18.0. The van der Waals surface area contributed by atoms with Crippen molar-refractivity contribution in [1.29, 1.82) is 0 Å². The Morgan fingerprint density at radius 2 is 1.76 bits per heavy atom. The molecule has 0 saturated carbocycles. The molecule has 1 aliphatic heterocycles. The van der Waals surface area contributed by atoms with Gasteiger partial charge in [0.15, 0.2) is 5.70 Å². The van der Waals surface area contributed by atoms with Crippen molar-refractivity contribution in [3.8, 4) is 5.75 Å². The molecule has 0 unspecified atom stereocenters. The number of nitrogens with zero attached hydrogens (tertiary/aromatic N) is 1. The van der Waals surface area contributed by atoms with Gasteiger partial charge in [0.1, 0.15) is 5.75 Å². The molecule has 0 spiro atoms. The smallest absolute Gasteiger partial charge is 0.363 e. The Hall–Kier alpha value is -3.21. The van der Waals surface area contributed by atoms with E-state index in [2.05, 4.69) is 4.99 Å². The number of carbonyl (C=O) groups is 2. The number of hydrogen-bond acceptors (Lipinski definition) is 5. The highest BCUT2D eigenvalue weighted by atomic mass is 16.6. The predicted octanol–water partition coefficient (Wildman–Crippen LogP) is 3.57. The predicted molar refractivity (Wildman–Crippen MR) is 94.3 cm³/mol. The zero-order valence-corrected chi connectivity index (χ0v) is 14.2. The summed E-state index contributed by atoms with van der Waals surface area (Å²) in [4.78, 5) is 27.5. The lowest BCUT2D eigenvalue weighted by atomic mass is 10.0. The maximum absolute atomic E-state index is 12.1. The SMILES string of the molecule is CC(=O)Oc1c(C)cc(/C=C2/N=C(c3ccccc3)OC2=O)cc1C. The van der Waals surface area contributed by atoms with E-state index in [0.29, 0.717) is 11.6 Å². The van der Waals surface area contributed by atoms with Crippen LogP contribution in [-0.2, 0) is 14.3 Å². The number of cyclic esters (lactones) is 1. The van der Waals surface area contributed by atoms with E-state index >= 15 is 0 Å². The van der Waals surface area contributed by atoms with Crippen LogP contribution >= 0.6 is 0 Å². The highest BCUT2D eigenvalue weighted by Crippen LogP contribution is 2.27. The van der Waals surface area contributed by atoms with Crippen molar-refractivity contribution in [3.63, 3.8) is 0 Å². The summed E-state index contributed by atoms with van der Waals surface area (Å²) in [6, 6.07) is 12.9. The Balaban J connectivity index is 1.94. The van der Waals surface area contributed by atoms with Gasteiger partial charge in [-0.25, -0.2) is 9.79 Å². The summed E-state index contributed by atoms with van der Waals surface area (Å²) in [5.74, 6) is -0.0223. The number of esters is 2. The normalized spacial score (nSPS) is 15.1. The van der Waals surface area contributed by atoms with Crippen molar-refractivity contribution < 1.29 is 19.1 Å². The summed E-state index contributed by atoms with van der Waals surface area (Å²) in [6.07, 6.45) is 1.66. The molecule has 5 nitrogen and oxygen atoms in total. The first-order valence-corrected chi connectivity index (χ1v) is 7.81. The van der Waals surface area contributed by atoms with Gasteiger partial charge in [0.05, 0.1) is 0 Å². The van der Waals surface area contributed by atoms with Crippen LogP contribution in [0.25, 0.3) is 6.08 Å². The molecule has 0 saturated heterocycles. The van der Waals surface area contributed by atoms with Crippen LogP contribution in [0.3, 0.4) is 0 Å². The molecule has 3 rings (SSSR count). The summed E-state index contributed by atoms with van der Waals surface area (Å²) in [5, 5.41) is 0. The van der Waals surface area contributed by atoms with E-state index in [0.717, 1.165) is 22.3 Å². The van der Waals surface area contributed by atoms with Gasteiger partial charge in [0, 0.05) is 12.5 Å². The quantitative estimate of drug-likeness (QED) is 0.489. The third-order valence-electron chi connectivity index (χ3n) is 3.67. The van der Waals surface area contributed by atoms with Crippen LogP contribution in [0.4, 0.5) is 0 Å². The average molecular weight is 335 g/mol. The summed E-state index contributed by atoms with van der Waals surface area (Å²) >= 11 is 0. The molecule has 1 heterocycles. The van der Waals surface area contributed by atoms with Gasteiger partial charge in [-0.15, -0.1) is 0 Å². The van der Waals surface area contributed by atoms with Gasteiger partial charge in [-0.1, -0.05) is 18.2 Å². The fourth-order valence-corrected chi connectivity index (χ4v) is 2.64. The van der Waals surface area contributed by atoms with Crippen LogP contribution in [-0.4, -0.2) is 17.8 Å². The first kappa shape index (κ1) is 16.6. The van der Waals surface area contributed by atoms with Gasteiger partial charge in [-0.05, 0) is 60.9 Å². The Morgan fingerprint density at radius 1 is 1.12 bits per heavy atom. The number of aliphatic imine (C=N–C) groups is 1. The molecule has 0 aromatic heterocycles. The second-order valence-electron chi connectivity index (χ2n) is 5.78. The fourth-order valence-electron chi connectivity index (χ4n) is 2.64. The molecule has 2 aromatic carbocycles. The third-order valence-corrected chi connectivity index (χ3v) is 3.67. The highest BCUT2D eigenvalue weighted by Gasteiger charge is 2.24. The topological polar surface area (TPSA) is 65.0 Å². The molecule has 0 radical (unpaired) electrons. The van der Waals surface area contributed by atoms with Crippen LogP contribution in [0.15, 0.2) is 53.2 Å². The van der Waals surface area contributed by atoms with Crippen LogP contribution < -0.4 is 4.74 Å². The number of hydrogen-bond donors (Lipinski definition) is 0. The van der Waals surface area contributed by atoms with E-state index in [1.165, 1.54) is 6.92 Å². The molecule has 5 heteroatoms. The van der Waals surface area contributed by atoms with E-state index < -0.39 is 5.97 Å². The van der Waals surface area contributed by atoms with Crippen LogP contribution in [0.1, 0.15) is 29.2 Å². The van der Waals surface area contributed by atoms with Crippen molar-refractivity contribution >= 4 is 23.9 Å². The number of benzene rings is 2. The lowest BCUT2D eigenvalue weighted by Gasteiger charge is -2.10. The van der Waals surface area contributed by atoms with E-state index in [1.807, 2.05) is 56.3 Å². The molecule has 25 heavy (non-hydrogen) atoms. The van der Waals surface area contributed by atoms with Gasteiger partial charge in [-0.2, -0.15) is 0 Å². The van der Waals surface area contributed by atoms with Gasteiger partial charge in [-0.3, -0.25) is 4.79 Å². The van der Waals surface area contributed by atoms with E-state index in [9.17, 15) is 9.59 Å². The summed E-state index contributed by atoms with van der Waals surface area (Å²) < 4.78 is 10.5. The zero-order valence-electron chi connectivity index (χ0n) is 14.2. The van der Waals surface area contributed by atoms with Gasteiger partial charge < -0.3 is 9.47 Å². The number of aryl methyl sites for hydroxylation is 2. The summed E-state index contributed by atoms with van der Waals surface area (Å²) in [6.45, 7) is 5.06. The second-order valence-corrected chi connectivity index (χ2v) is 5.78. The molecule has 2 aromatic rings. The molecule has 0 fully saturated rings. The maximum Gasteiger partial charge on any atom is 0.363 e. The van der Waals surface area contributed by atoms with Crippen molar-refractivity contribution in [2.45, 2.75) is 20.8 Å². The van der Waals surface area contributed by atoms with Crippen LogP contribution in [0, 0.1) is 13.8 Å². The molecule has 0 bridgehead atoms. The lowest BCUT2D eigenvalue weighted by Crippen LogP contribution is -2.05. The standard InChI is InChI=1S/C20H17NO4/c1-12-9-15(10-13(2)18(12)24-14(3)22)11-17-20(23)25-19(21-17)16-7-5-4-6-8-16/h4-11H,1-3H3/b17-11+. The maximum atomic E-state index is 12.1. The van der Waals surface area contributed by atoms with Crippen LogP contribution in [0.2, 0.25) is 0 Å². The van der Waals surface area contributed by atoms with E-state index in [-0.39, 0.29) is 11.7 Å². The Labute approximate surface area is 145 Å². The Bertz CT molecular complexity index is 888. The number of carbonyl (C=O) groups excluding carboxylic acids is 2. The highest BCUT2D eigenvalue weighted by molar-refractivity contribution is 6.12. The minimum absolute atomic E-state index is 0.234. The molecule has 1 aliphatic rings. The fraction of sp³-hybridized carbons (Fsp3) is 0.150. The largest absolute Gasteiger partial charge is 0.426 e. The molecule has 0 N–H and O–H groups in total. The van der Waals surface area contributed by atoms with E-state index in [4.69, 9.17) is 9.47 Å². The molecule has 0 aliphatic carbocycles. The Morgan fingerprint density at radius 3 is 2.36 bits per heavy atom. The van der Waals surface area contributed by atoms with Crippen LogP contribution in [0.5, 0.6) is 5.75 Å². The number of rotatable bonds is 3. The summed E-state index contributed by atoms with van der Waals surface area (Å²) in [5.41, 5.74) is 3.38. The molecule has 126 valence electrons. The van der Waals surface area contributed by atoms with Crippen molar-refractivity contribution in [2.24, 2.45) is 4.99 Å². The minimum atomic E-state index is -0.488. The molecular weight excluding hydrogens is 318 g/mol. The molecule has 0 amide bonds. The van der Waals surface area contributed by atoms with Crippen molar-refractivity contribution in [3.05, 3.63) is 70.4 Å². The van der Waals surface area contributed by atoms with Crippen molar-refractivity contribution in [2.75, 3.05) is 0 Å². The second kappa shape index (κ2) is 6.73. The Kier molecular flexibility index (Phi) is 4.48. The third kappa shape index (κ3) is 3.66. The average Bonchev–Trinajstić information content (AvgIpc) is 2.92. The molecule has 0 atom stereocenters. The summed E-state index contributed by atoms with van der Waals surface area (Å²) in [7, 11) is 0. The monoisotopic (exact) mass is 335 g/mol. The molecular formula is C20H17NO4. The minimum Gasteiger partial charge on any atom is -0.426 e. The lowest BCUT2D eigenvalue weighted by molar-refractivity contribution is -0.132. The number of ether oxygens (including phenoxy) is 2. The van der Waals surface area contributed by atoms with Gasteiger partial charge >= 0.3 is 11.9 Å². The van der Waals surface area contributed by atoms with Gasteiger partial charge in [0.2, 0.25) is 5.90 Å². The van der Waals surface area contributed by atoms with E-state index in [1.54, 1.807) is 6.08 Å². The van der Waals surface area contributed by atoms with Gasteiger partial charge in [0.25, 0.3) is 0 Å². The van der Waals surface area contributed by atoms with Crippen molar-refractivity contribution in [1.82, 2.24) is 0 Å². The first-order valence-electron chi connectivity index (χ1n) is 7.81. The first-order chi connectivity index (χ1) is 11.9.